The van der Waals surface area contributed by atoms with Crippen LogP contribution in [0.5, 0.6) is 0 Å². The fourth-order valence-electron chi connectivity index (χ4n) is 2.97. The minimum atomic E-state index is -0.103. The Morgan fingerprint density at radius 3 is 2.71 bits per heavy atom. The molecule has 3 N–H and O–H groups in total. The molecular formula is C17H26N2O2. The highest BCUT2D eigenvalue weighted by molar-refractivity contribution is 5.74. The van der Waals surface area contributed by atoms with Gasteiger partial charge < -0.3 is 15.7 Å². The van der Waals surface area contributed by atoms with Crippen molar-refractivity contribution in [3.8, 4) is 0 Å². The summed E-state index contributed by atoms with van der Waals surface area (Å²) < 4.78 is 0. The van der Waals surface area contributed by atoms with Crippen LogP contribution in [-0.2, 0) is 6.42 Å². The molecule has 0 radical (unpaired) electrons. The van der Waals surface area contributed by atoms with Crippen LogP contribution in [0, 0.1) is 5.92 Å². The van der Waals surface area contributed by atoms with E-state index < -0.39 is 0 Å². The van der Waals surface area contributed by atoms with Crippen molar-refractivity contribution in [2.24, 2.45) is 5.92 Å². The summed E-state index contributed by atoms with van der Waals surface area (Å²) in [5, 5.41) is 15.3. The van der Waals surface area contributed by atoms with Gasteiger partial charge in [0.2, 0.25) is 0 Å². The lowest BCUT2D eigenvalue weighted by atomic mass is 9.85. The maximum Gasteiger partial charge on any atom is 0.315 e. The van der Waals surface area contributed by atoms with E-state index in [9.17, 15) is 9.90 Å². The molecule has 0 bridgehead atoms. The van der Waals surface area contributed by atoms with Gasteiger partial charge in [-0.25, -0.2) is 4.79 Å². The second kappa shape index (κ2) is 8.67. The van der Waals surface area contributed by atoms with Crippen LogP contribution >= 0.6 is 0 Å². The first-order valence-corrected chi connectivity index (χ1v) is 7.98. The number of hydrogen-bond acceptors (Lipinski definition) is 2. The van der Waals surface area contributed by atoms with Crippen molar-refractivity contribution in [2.75, 3.05) is 13.2 Å². The molecule has 2 rings (SSSR count). The Bertz CT molecular complexity index is 422. The van der Waals surface area contributed by atoms with Crippen molar-refractivity contribution in [1.82, 2.24) is 10.6 Å². The third-order valence-electron chi connectivity index (χ3n) is 4.23. The Balaban J connectivity index is 1.63. The van der Waals surface area contributed by atoms with Gasteiger partial charge in [0.05, 0.1) is 0 Å². The Morgan fingerprint density at radius 2 is 1.95 bits per heavy atom. The van der Waals surface area contributed by atoms with Gasteiger partial charge in [0.25, 0.3) is 0 Å². The van der Waals surface area contributed by atoms with E-state index in [1.54, 1.807) is 0 Å². The van der Waals surface area contributed by atoms with Gasteiger partial charge in [0.15, 0.2) is 0 Å². The van der Waals surface area contributed by atoms with Gasteiger partial charge in [-0.05, 0) is 31.2 Å². The normalized spacial score (nSPS) is 21.8. The molecular weight excluding hydrogens is 264 g/mol. The average molecular weight is 290 g/mol. The maximum atomic E-state index is 11.9. The van der Waals surface area contributed by atoms with Crippen LogP contribution in [0.3, 0.4) is 0 Å². The molecule has 0 heterocycles. The quantitative estimate of drug-likeness (QED) is 0.705. The molecule has 4 nitrogen and oxygen atoms in total. The molecule has 1 aromatic rings. The lowest BCUT2D eigenvalue weighted by molar-refractivity contribution is 0.153. The van der Waals surface area contributed by atoms with Gasteiger partial charge in [0.1, 0.15) is 0 Å². The Labute approximate surface area is 126 Å². The van der Waals surface area contributed by atoms with Crippen LogP contribution < -0.4 is 10.6 Å². The fraction of sp³-hybridized carbons (Fsp3) is 0.588. The fourth-order valence-corrected chi connectivity index (χ4v) is 2.97. The van der Waals surface area contributed by atoms with Crippen molar-refractivity contribution >= 4 is 6.03 Å². The summed E-state index contributed by atoms with van der Waals surface area (Å²) >= 11 is 0. The summed E-state index contributed by atoms with van der Waals surface area (Å²) in [7, 11) is 0. The molecule has 2 atom stereocenters. The standard InChI is InChI=1S/C17H26N2O2/c20-13-15-10-4-5-11-16(15)19-17(21)18-12-6-9-14-7-2-1-3-8-14/h1-3,7-8,15-16,20H,4-6,9-13H2,(H2,18,19,21). The first-order chi connectivity index (χ1) is 10.3. The van der Waals surface area contributed by atoms with E-state index in [1.165, 1.54) is 5.56 Å². The van der Waals surface area contributed by atoms with E-state index in [0.717, 1.165) is 38.5 Å². The van der Waals surface area contributed by atoms with Gasteiger partial charge in [-0.15, -0.1) is 0 Å². The molecule has 0 saturated heterocycles. The summed E-state index contributed by atoms with van der Waals surface area (Å²) in [4.78, 5) is 11.9. The van der Waals surface area contributed by atoms with Crippen molar-refractivity contribution in [2.45, 2.75) is 44.6 Å². The Hall–Kier alpha value is -1.55. The van der Waals surface area contributed by atoms with Gasteiger partial charge in [-0.1, -0.05) is 43.2 Å². The molecule has 1 aromatic carbocycles. The van der Waals surface area contributed by atoms with E-state index in [4.69, 9.17) is 0 Å². The van der Waals surface area contributed by atoms with Gasteiger partial charge in [-0.3, -0.25) is 0 Å². The smallest absolute Gasteiger partial charge is 0.315 e. The number of nitrogens with one attached hydrogen (secondary N) is 2. The Morgan fingerprint density at radius 1 is 1.19 bits per heavy atom. The molecule has 0 aliphatic heterocycles. The minimum Gasteiger partial charge on any atom is -0.396 e. The van der Waals surface area contributed by atoms with E-state index in [1.807, 2.05) is 18.2 Å². The van der Waals surface area contributed by atoms with Gasteiger partial charge in [-0.2, -0.15) is 0 Å². The highest BCUT2D eigenvalue weighted by atomic mass is 16.3. The lowest BCUT2D eigenvalue weighted by Crippen LogP contribution is -2.47. The predicted molar refractivity (Wildman–Crippen MR) is 84.1 cm³/mol. The number of aliphatic hydroxyl groups excluding tert-OH is 1. The average Bonchev–Trinajstić information content (AvgIpc) is 2.53. The molecule has 2 amide bonds. The van der Waals surface area contributed by atoms with Crippen LogP contribution in [0.4, 0.5) is 4.79 Å². The molecule has 1 aliphatic carbocycles. The summed E-state index contributed by atoms with van der Waals surface area (Å²) in [6.07, 6.45) is 6.19. The van der Waals surface area contributed by atoms with Crippen LogP contribution in [0.2, 0.25) is 0 Å². The number of hydrogen-bond donors (Lipinski definition) is 3. The molecule has 0 aromatic heterocycles. The largest absolute Gasteiger partial charge is 0.396 e. The van der Waals surface area contributed by atoms with Crippen LogP contribution in [-0.4, -0.2) is 30.3 Å². The highest BCUT2D eigenvalue weighted by Crippen LogP contribution is 2.23. The maximum absolute atomic E-state index is 11.9. The van der Waals surface area contributed by atoms with Crippen LogP contribution in [0.25, 0.3) is 0 Å². The monoisotopic (exact) mass is 290 g/mol. The molecule has 116 valence electrons. The van der Waals surface area contributed by atoms with Gasteiger partial charge >= 0.3 is 6.03 Å². The highest BCUT2D eigenvalue weighted by Gasteiger charge is 2.25. The van der Waals surface area contributed by atoms with Gasteiger partial charge in [0, 0.05) is 25.1 Å². The second-order valence-corrected chi connectivity index (χ2v) is 5.82. The molecule has 1 aliphatic rings. The molecule has 1 fully saturated rings. The number of benzene rings is 1. The zero-order valence-electron chi connectivity index (χ0n) is 12.6. The topological polar surface area (TPSA) is 61.4 Å². The zero-order valence-corrected chi connectivity index (χ0v) is 12.6. The summed E-state index contributed by atoms with van der Waals surface area (Å²) in [6.45, 7) is 0.843. The zero-order chi connectivity index (χ0) is 14.9. The van der Waals surface area contributed by atoms with Crippen molar-refractivity contribution < 1.29 is 9.90 Å². The number of carbonyl (C=O) groups is 1. The SMILES string of the molecule is O=C(NCCCc1ccccc1)NC1CCCCC1CO. The number of aryl methyl sites for hydroxylation is 1. The van der Waals surface area contributed by atoms with E-state index >= 15 is 0 Å². The van der Waals surface area contributed by atoms with E-state index in [0.29, 0.717) is 6.54 Å². The molecule has 2 unspecified atom stereocenters. The number of aliphatic hydroxyl groups is 1. The number of amides is 2. The number of urea groups is 1. The lowest BCUT2D eigenvalue weighted by Gasteiger charge is -2.30. The first kappa shape index (κ1) is 15.8. The molecule has 21 heavy (non-hydrogen) atoms. The van der Waals surface area contributed by atoms with E-state index in [-0.39, 0.29) is 24.6 Å². The predicted octanol–water partition coefficient (Wildman–Crippen LogP) is 2.47. The minimum absolute atomic E-state index is 0.103. The van der Waals surface area contributed by atoms with E-state index in [2.05, 4.69) is 22.8 Å². The van der Waals surface area contributed by atoms with Crippen molar-refractivity contribution in [3.63, 3.8) is 0 Å². The van der Waals surface area contributed by atoms with Crippen LogP contribution in [0.1, 0.15) is 37.7 Å². The first-order valence-electron chi connectivity index (χ1n) is 7.98. The summed E-state index contributed by atoms with van der Waals surface area (Å²) in [6, 6.07) is 10.3. The molecule has 0 spiro atoms. The number of rotatable bonds is 6. The summed E-state index contributed by atoms with van der Waals surface area (Å²) in [5.74, 6) is 0.216. The molecule has 1 saturated carbocycles. The second-order valence-electron chi connectivity index (χ2n) is 5.82. The van der Waals surface area contributed by atoms with Crippen molar-refractivity contribution in [1.29, 1.82) is 0 Å². The number of carbonyl (C=O) groups excluding carboxylic acids is 1. The third-order valence-corrected chi connectivity index (χ3v) is 4.23. The molecule has 4 heteroatoms. The van der Waals surface area contributed by atoms with Crippen molar-refractivity contribution in [3.05, 3.63) is 35.9 Å². The third kappa shape index (κ3) is 5.38. The Kier molecular flexibility index (Phi) is 6.54. The summed E-state index contributed by atoms with van der Waals surface area (Å²) in [5.41, 5.74) is 1.30. The van der Waals surface area contributed by atoms with Crippen LogP contribution in [0.15, 0.2) is 30.3 Å².